The number of H-pyrrole nitrogens is 1. The maximum atomic E-state index is 12.5. The van der Waals surface area contributed by atoms with E-state index in [1.807, 2.05) is 0 Å². The fourth-order valence-corrected chi connectivity index (χ4v) is 2.79. The second kappa shape index (κ2) is 4.79. The molecule has 0 saturated heterocycles. The van der Waals surface area contributed by atoms with E-state index in [1.54, 1.807) is 36.5 Å². The second-order valence-electron chi connectivity index (χ2n) is 4.60. The predicted molar refractivity (Wildman–Crippen MR) is 77.0 cm³/mol. The van der Waals surface area contributed by atoms with Crippen LogP contribution in [-0.4, -0.2) is 28.5 Å². The maximum Gasteiger partial charge on any atom is 0.312 e. The number of carbonyl (C=O) groups is 2. The van der Waals surface area contributed by atoms with Gasteiger partial charge in [-0.15, -0.1) is 0 Å². The molecular weight excluding hydrogens is 324 g/mol. The molecule has 6 heteroatoms. The number of carboxylic acids is 1. The third-order valence-corrected chi connectivity index (χ3v) is 3.85. The minimum Gasteiger partial charge on any atom is -0.481 e. The van der Waals surface area contributed by atoms with Crippen LogP contribution in [-0.2, 0) is 4.79 Å². The smallest absolute Gasteiger partial charge is 0.312 e. The summed E-state index contributed by atoms with van der Waals surface area (Å²) in [4.78, 5) is 28.2. The molecule has 3 rings (SSSR count). The molecule has 1 aliphatic heterocycles. The van der Waals surface area contributed by atoms with Crippen LogP contribution >= 0.6 is 15.9 Å². The first-order valence-electron chi connectivity index (χ1n) is 6.05. The number of hydrogen-bond donors (Lipinski definition) is 2. The van der Waals surface area contributed by atoms with Crippen LogP contribution in [0.25, 0.3) is 0 Å². The lowest BCUT2D eigenvalue weighted by atomic mass is 10.0. The number of halogens is 1. The Bertz CT molecular complexity index is 695. The van der Waals surface area contributed by atoms with Crippen LogP contribution in [0.2, 0.25) is 0 Å². The van der Waals surface area contributed by atoms with Crippen LogP contribution < -0.4 is 4.90 Å². The molecular formula is C14H11BrN2O3. The van der Waals surface area contributed by atoms with Crippen LogP contribution in [0, 0.1) is 0 Å². The van der Waals surface area contributed by atoms with E-state index in [-0.39, 0.29) is 12.5 Å². The Balaban J connectivity index is 2.00. The first-order valence-corrected chi connectivity index (χ1v) is 6.84. The molecule has 2 N–H and O–H groups in total. The number of hydrogen-bond acceptors (Lipinski definition) is 2. The normalized spacial score (nSPS) is 17.1. The maximum absolute atomic E-state index is 12.5. The fraction of sp³-hybridized carbons (Fsp3) is 0.143. The summed E-state index contributed by atoms with van der Waals surface area (Å²) in [5.41, 5.74) is 1.77. The molecule has 2 heterocycles. The van der Waals surface area contributed by atoms with Gasteiger partial charge in [0.25, 0.3) is 5.91 Å². The second-order valence-corrected chi connectivity index (χ2v) is 5.51. The zero-order chi connectivity index (χ0) is 14.3. The lowest BCUT2D eigenvalue weighted by Gasteiger charge is -2.16. The summed E-state index contributed by atoms with van der Waals surface area (Å²) in [6.45, 7) is 0.157. The van der Waals surface area contributed by atoms with E-state index in [4.69, 9.17) is 0 Å². The van der Waals surface area contributed by atoms with E-state index >= 15 is 0 Å². The van der Waals surface area contributed by atoms with Gasteiger partial charge in [-0.2, -0.15) is 0 Å². The molecule has 1 aromatic carbocycles. The van der Waals surface area contributed by atoms with E-state index in [9.17, 15) is 14.7 Å². The average Bonchev–Trinajstić information content (AvgIpc) is 3.02. The Hall–Kier alpha value is -2.08. The minimum atomic E-state index is -0.916. The molecule has 0 spiro atoms. The fourth-order valence-electron chi connectivity index (χ4n) is 2.45. The molecule has 0 saturated carbocycles. The van der Waals surface area contributed by atoms with Crippen LogP contribution in [0.15, 0.2) is 41.0 Å². The van der Waals surface area contributed by atoms with Crippen molar-refractivity contribution in [1.29, 1.82) is 0 Å². The Morgan fingerprint density at radius 3 is 2.75 bits per heavy atom. The largest absolute Gasteiger partial charge is 0.481 e. The van der Waals surface area contributed by atoms with E-state index in [0.29, 0.717) is 16.9 Å². The number of nitrogens with zero attached hydrogens (tertiary/aromatic N) is 1. The topological polar surface area (TPSA) is 73.4 Å². The van der Waals surface area contributed by atoms with Gasteiger partial charge in [0.2, 0.25) is 0 Å². The molecule has 1 aliphatic rings. The van der Waals surface area contributed by atoms with Crippen molar-refractivity contribution >= 4 is 33.5 Å². The van der Waals surface area contributed by atoms with Gasteiger partial charge in [-0.05, 0) is 33.6 Å². The molecule has 5 nitrogen and oxygen atoms in total. The molecule has 102 valence electrons. The molecule has 1 amide bonds. The molecule has 1 aromatic heterocycles. The van der Waals surface area contributed by atoms with Gasteiger partial charge in [-0.1, -0.05) is 18.2 Å². The number of fused-ring (bicyclic) bond motifs is 1. The van der Waals surface area contributed by atoms with Crippen molar-refractivity contribution in [2.24, 2.45) is 0 Å². The summed E-state index contributed by atoms with van der Waals surface area (Å²) >= 11 is 3.28. The van der Waals surface area contributed by atoms with E-state index < -0.39 is 11.9 Å². The lowest BCUT2D eigenvalue weighted by Crippen LogP contribution is -2.31. The van der Waals surface area contributed by atoms with Crippen LogP contribution in [0.5, 0.6) is 0 Å². The summed E-state index contributed by atoms with van der Waals surface area (Å²) in [6.07, 6.45) is 1.67. The molecule has 0 unspecified atom stereocenters. The van der Waals surface area contributed by atoms with E-state index in [2.05, 4.69) is 20.9 Å². The first-order chi connectivity index (χ1) is 9.58. The molecule has 0 bridgehead atoms. The van der Waals surface area contributed by atoms with Gasteiger partial charge in [-0.25, -0.2) is 0 Å². The van der Waals surface area contributed by atoms with Crippen LogP contribution in [0.3, 0.4) is 0 Å². The predicted octanol–water partition coefficient (Wildman–Crippen LogP) is 2.61. The number of aromatic nitrogens is 1. The van der Waals surface area contributed by atoms with Gasteiger partial charge in [-0.3, -0.25) is 9.59 Å². The van der Waals surface area contributed by atoms with Crippen molar-refractivity contribution in [3.63, 3.8) is 0 Å². The van der Waals surface area contributed by atoms with Crippen molar-refractivity contribution in [2.75, 3.05) is 11.4 Å². The van der Waals surface area contributed by atoms with E-state index in [1.165, 1.54) is 4.90 Å². The number of aliphatic carboxylic acids is 1. The molecule has 0 radical (unpaired) electrons. The number of benzene rings is 1. The number of rotatable bonds is 2. The molecule has 2 aromatic rings. The number of para-hydroxylation sites is 1. The highest BCUT2D eigenvalue weighted by Gasteiger charge is 2.36. The monoisotopic (exact) mass is 334 g/mol. The first kappa shape index (κ1) is 12.9. The number of anilines is 1. The third-order valence-electron chi connectivity index (χ3n) is 3.39. The third kappa shape index (κ3) is 2.02. The van der Waals surface area contributed by atoms with Gasteiger partial charge in [0.15, 0.2) is 0 Å². The summed E-state index contributed by atoms with van der Waals surface area (Å²) in [7, 11) is 0. The molecule has 0 aliphatic carbocycles. The number of carboxylic acid groups (broad SMARTS) is 1. The van der Waals surface area contributed by atoms with Gasteiger partial charge >= 0.3 is 5.97 Å². The van der Waals surface area contributed by atoms with Gasteiger partial charge in [0, 0.05) is 22.9 Å². The highest BCUT2D eigenvalue weighted by molar-refractivity contribution is 9.10. The number of nitrogens with one attached hydrogen (secondary N) is 1. The van der Waals surface area contributed by atoms with Crippen molar-refractivity contribution in [2.45, 2.75) is 5.92 Å². The quantitative estimate of drug-likeness (QED) is 0.886. The summed E-state index contributed by atoms with van der Waals surface area (Å²) in [5, 5.41) is 9.28. The molecule has 20 heavy (non-hydrogen) atoms. The standard InChI is InChI=1S/C14H11BrN2O3/c15-8-5-11(16-6-8)13(18)17-7-10(14(19)20)9-3-1-2-4-12(9)17/h1-6,10,16H,7H2,(H,19,20)/t10-/m0/s1. The van der Waals surface area contributed by atoms with Crippen molar-refractivity contribution in [3.8, 4) is 0 Å². The van der Waals surface area contributed by atoms with Gasteiger partial charge in [0.1, 0.15) is 11.6 Å². The Morgan fingerprint density at radius 1 is 1.35 bits per heavy atom. The molecule has 1 atom stereocenters. The van der Waals surface area contributed by atoms with Crippen molar-refractivity contribution < 1.29 is 14.7 Å². The van der Waals surface area contributed by atoms with Crippen LogP contribution in [0.1, 0.15) is 22.0 Å². The van der Waals surface area contributed by atoms with Crippen molar-refractivity contribution in [1.82, 2.24) is 4.98 Å². The van der Waals surface area contributed by atoms with Gasteiger partial charge in [0.05, 0.1) is 0 Å². The van der Waals surface area contributed by atoms with Gasteiger partial charge < -0.3 is 15.0 Å². The zero-order valence-electron chi connectivity index (χ0n) is 10.3. The zero-order valence-corrected chi connectivity index (χ0v) is 11.9. The number of aromatic amines is 1. The summed E-state index contributed by atoms with van der Waals surface area (Å²) in [5.74, 6) is -1.82. The van der Waals surface area contributed by atoms with Crippen molar-refractivity contribution in [3.05, 3.63) is 52.3 Å². The highest BCUT2D eigenvalue weighted by Crippen LogP contribution is 2.37. The average molecular weight is 335 g/mol. The minimum absolute atomic E-state index is 0.157. The van der Waals surface area contributed by atoms with Crippen LogP contribution in [0.4, 0.5) is 5.69 Å². The highest BCUT2D eigenvalue weighted by atomic mass is 79.9. The Morgan fingerprint density at radius 2 is 2.10 bits per heavy atom. The summed E-state index contributed by atoms with van der Waals surface area (Å²) in [6, 6.07) is 8.79. The molecule has 0 fully saturated rings. The Labute approximate surface area is 123 Å². The SMILES string of the molecule is O=C(O)[C@H]1CN(C(=O)c2cc(Br)c[nH]2)c2ccccc21. The van der Waals surface area contributed by atoms with E-state index in [0.717, 1.165) is 4.47 Å². The summed E-state index contributed by atoms with van der Waals surface area (Å²) < 4.78 is 0.781. The lowest BCUT2D eigenvalue weighted by molar-refractivity contribution is -0.138. The number of amides is 1. The Kier molecular flexibility index (Phi) is 3.10. The number of carbonyl (C=O) groups excluding carboxylic acids is 1.